The summed E-state index contributed by atoms with van der Waals surface area (Å²) in [6, 6.07) is 13.5. The minimum absolute atomic E-state index is 0.0300. The predicted octanol–water partition coefficient (Wildman–Crippen LogP) is 3.74. The van der Waals surface area contributed by atoms with E-state index in [2.05, 4.69) is 34.7 Å². The summed E-state index contributed by atoms with van der Waals surface area (Å²) in [6.07, 6.45) is 0. The summed E-state index contributed by atoms with van der Waals surface area (Å²) in [5.41, 5.74) is 1.85. The molecule has 0 aliphatic carbocycles. The molecule has 2 amide bonds. The molecule has 1 aromatic heterocycles. The van der Waals surface area contributed by atoms with E-state index in [0.717, 1.165) is 11.3 Å². The molecule has 0 fully saturated rings. The Labute approximate surface area is 184 Å². The molecular weight excluding hydrogens is 417 g/mol. The van der Waals surface area contributed by atoms with Crippen LogP contribution >= 0.6 is 11.8 Å². The van der Waals surface area contributed by atoms with Crippen molar-refractivity contribution in [3.8, 4) is 0 Å². The molecule has 0 bridgehead atoms. The minimum Gasteiger partial charge on any atom is -0.345 e. The van der Waals surface area contributed by atoms with Crippen molar-refractivity contribution in [1.29, 1.82) is 0 Å². The predicted molar refractivity (Wildman–Crippen MR) is 118 cm³/mol. The number of amides is 2. The lowest BCUT2D eigenvalue weighted by atomic mass is 10.0. The third-order valence-electron chi connectivity index (χ3n) is 4.64. The van der Waals surface area contributed by atoms with Crippen LogP contribution in [0.1, 0.15) is 41.5 Å². The van der Waals surface area contributed by atoms with Crippen LogP contribution in [0.3, 0.4) is 0 Å². The third kappa shape index (κ3) is 5.69. The molecule has 31 heavy (non-hydrogen) atoms. The molecule has 7 nitrogen and oxygen atoms in total. The highest BCUT2D eigenvalue weighted by atomic mass is 32.2. The summed E-state index contributed by atoms with van der Waals surface area (Å²) in [6.45, 7) is 4.24. The molecule has 162 valence electrons. The van der Waals surface area contributed by atoms with E-state index in [1.165, 1.54) is 30.0 Å². The van der Waals surface area contributed by atoms with Crippen molar-refractivity contribution in [2.75, 3.05) is 11.1 Å². The number of halogens is 1. The van der Waals surface area contributed by atoms with Gasteiger partial charge in [-0.2, -0.15) is 0 Å². The molecule has 3 aromatic rings. The van der Waals surface area contributed by atoms with E-state index >= 15 is 0 Å². The molecule has 2 aromatic carbocycles. The number of para-hydroxylation sites is 1. The SMILES string of the molecule is CC(C)c1ccccc1NC(=O)CSc1nnc(CNC(=O)c2ccccc2F)n1C. The number of carbonyl (C=O) groups is 2. The van der Waals surface area contributed by atoms with E-state index in [0.29, 0.717) is 16.9 Å². The van der Waals surface area contributed by atoms with Crippen LogP contribution in [0.25, 0.3) is 0 Å². The lowest BCUT2D eigenvalue weighted by Crippen LogP contribution is -2.25. The van der Waals surface area contributed by atoms with E-state index in [1.54, 1.807) is 17.7 Å². The Hall–Kier alpha value is -3.20. The third-order valence-corrected chi connectivity index (χ3v) is 5.66. The Morgan fingerprint density at radius 2 is 1.81 bits per heavy atom. The highest BCUT2D eigenvalue weighted by molar-refractivity contribution is 7.99. The van der Waals surface area contributed by atoms with E-state index in [4.69, 9.17) is 0 Å². The molecule has 0 atom stereocenters. The van der Waals surface area contributed by atoms with Gasteiger partial charge in [-0.15, -0.1) is 10.2 Å². The van der Waals surface area contributed by atoms with Gasteiger partial charge in [-0.25, -0.2) is 4.39 Å². The lowest BCUT2D eigenvalue weighted by Gasteiger charge is -2.13. The standard InChI is InChI=1S/C22H24FN5O2S/c1-14(2)15-8-5-7-11-18(15)25-20(29)13-31-22-27-26-19(28(22)3)12-24-21(30)16-9-4-6-10-17(16)23/h4-11,14H,12-13H2,1-3H3,(H,24,30)(H,25,29). The van der Waals surface area contributed by atoms with Gasteiger partial charge in [0.25, 0.3) is 5.91 Å². The van der Waals surface area contributed by atoms with Crippen LogP contribution in [-0.4, -0.2) is 32.3 Å². The van der Waals surface area contributed by atoms with Crippen LogP contribution in [0.4, 0.5) is 10.1 Å². The Kier molecular flexibility index (Phi) is 7.41. The first-order valence-corrected chi connectivity index (χ1v) is 10.8. The van der Waals surface area contributed by atoms with Gasteiger partial charge in [0, 0.05) is 12.7 Å². The number of nitrogens with zero attached hydrogens (tertiary/aromatic N) is 3. The van der Waals surface area contributed by atoms with Gasteiger partial charge in [-0.05, 0) is 29.7 Å². The number of thioether (sulfide) groups is 1. The number of aromatic nitrogens is 3. The number of hydrogen-bond acceptors (Lipinski definition) is 5. The summed E-state index contributed by atoms with van der Waals surface area (Å²) >= 11 is 1.25. The molecule has 0 aliphatic rings. The van der Waals surface area contributed by atoms with E-state index < -0.39 is 11.7 Å². The second kappa shape index (κ2) is 10.2. The summed E-state index contributed by atoms with van der Waals surface area (Å²) in [4.78, 5) is 24.6. The average molecular weight is 442 g/mol. The Morgan fingerprint density at radius 3 is 2.55 bits per heavy atom. The number of nitrogens with one attached hydrogen (secondary N) is 2. The van der Waals surface area contributed by atoms with Crippen molar-refractivity contribution in [3.05, 3.63) is 71.3 Å². The van der Waals surface area contributed by atoms with Crippen LogP contribution in [0, 0.1) is 5.82 Å². The fourth-order valence-corrected chi connectivity index (χ4v) is 3.69. The molecule has 2 N–H and O–H groups in total. The number of carbonyl (C=O) groups excluding carboxylic acids is 2. The number of rotatable bonds is 8. The summed E-state index contributed by atoms with van der Waals surface area (Å²) in [5.74, 6) is -0.295. The smallest absolute Gasteiger partial charge is 0.254 e. The topological polar surface area (TPSA) is 88.9 Å². The molecule has 0 saturated carbocycles. The maximum atomic E-state index is 13.7. The van der Waals surface area contributed by atoms with Gasteiger partial charge in [0.15, 0.2) is 11.0 Å². The van der Waals surface area contributed by atoms with Gasteiger partial charge in [-0.1, -0.05) is 55.9 Å². The van der Waals surface area contributed by atoms with Gasteiger partial charge in [0.1, 0.15) is 5.82 Å². The van der Waals surface area contributed by atoms with Crippen molar-refractivity contribution < 1.29 is 14.0 Å². The lowest BCUT2D eigenvalue weighted by molar-refractivity contribution is -0.113. The molecule has 0 spiro atoms. The van der Waals surface area contributed by atoms with Crippen molar-refractivity contribution in [1.82, 2.24) is 20.1 Å². The second-order valence-electron chi connectivity index (χ2n) is 7.20. The normalized spacial score (nSPS) is 10.9. The first kappa shape index (κ1) is 22.5. The maximum Gasteiger partial charge on any atom is 0.254 e. The number of benzene rings is 2. The molecule has 1 heterocycles. The van der Waals surface area contributed by atoms with Crippen molar-refractivity contribution in [2.24, 2.45) is 7.05 Å². The van der Waals surface area contributed by atoms with Crippen LogP contribution in [0.15, 0.2) is 53.7 Å². The van der Waals surface area contributed by atoms with Crippen molar-refractivity contribution in [2.45, 2.75) is 31.5 Å². The first-order chi connectivity index (χ1) is 14.9. The molecule has 0 aliphatic heterocycles. The summed E-state index contributed by atoms with van der Waals surface area (Å²) in [5, 5.41) is 14.3. The molecule has 0 unspecified atom stereocenters. The largest absolute Gasteiger partial charge is 0.345 e. The average Bonchev–Trinajstić information content (AvgIpc) is 3.10. The second-order valence-corrected chi connectivity index (χ2v) is 8.14. The molecular formula is C22H24FN5O2S. The summed E-state index contributed by atoms with van der Waals surface area (Å²) < 4.78 is 15.4. The zero-order chi connectivity index (χ0) is 22.4. The van der Waals surface area contributed by atoms with Gasteiger partial charge in [0.05, 0.1) is 17.9 Å². The van der Waals surface area contributed by atoms with Crippen LogP contribution in [0.2, 0.25) is 0 Å². The highest BCUT2D eigenvalue weighted by Gasteiger charge is 2.15. The fraction of sp³-hybridized carbons (Fsp3) is 0.273. The highest BCUT2D eigenvalue weighted by Crippen LogP contribution is 2.24. The molecule has 0 radical (unpaired) electrons. The Morgan fingerprint density at radius 1 is 1.10 bits per heavy atom. The van der Waals surface area contributed by atoms with Crippen LogP contribution in [0.5, 0.6) is 0 Å². The quantitative estimate of drug-likeness (QED) is 0.520. The van der Waals surface area contributed by atoms with E-state index in [9.17, 15) is 14.0 Å². The Bertz CT molecular complexity index is 1080. The van der Waals surface area contributed by atoms with Gasteiger partial charge in [-0.3, -0.25) is 9.59 Å². The number of anilines is 1. The zero-order valence-corrected chi connectivity index (χ0v) is 18.4. The van der Waals surface area contributed by atoms with Gasteiger partial charge >= 0.3 is 0 Å². The van der Waals surface area contributed by atoms with Crippen molar-refractivity contribution in [3.63, 3.8) is 0 Å². The van der Waals surface area contributed by atoms with Crippen LogP contribution < -0.4 is 10.6 Å². The molecule has 3 rings (SSSR count). The minimum atomic E-state index is -0.584. The van der Waals surface area contributed by atoms with Gasteiger partial charge < -0.3 is 15.2 Å². The van der Waals surface area contributed by atoms with E-state index in [1.807, 2.05) is 24.3 Å². The molecule has 0 saturated heterocycles. The van der Waals surface area contributed by atoms with Gasteiger partial charge in [0.2, 0.25) is 5.91 Å². The maximum absolute atomic E-state index is 13.7. The molecule has 9 heteroatoms. The van der Waals surface area contributed by atoms with Crippen LogP contribution in [-0.2, 0) is 18.4 Å². The van der Waals surface area contributed by atoms with Crippen molar-refractivity contribution >= 4 is 29.3 Å². The summed E-state index contributed by atoms with van der Waals surface area (Å²) in [7, 11) is 1.75. The zero-order valence-electron chi connectivity index (χ0n) is 17.6. The first-order valence-electron chi connectivity index (χ1n) is 9.79. The number of hydrogen-bond donors (Lipinski definition) is 2. The van der Waals surface area contributed by atoms with E-state index in [-0.39, 0.29) is 23.8 Å². The fourth-order valence-electron chi connectivity index (χ4n) is 2.96. The Balaban J connectivity index is 1.55. The monoisotopic (exact) mass is 441 g/mol.